The van der Waals surface area contributed by atoms with Gasteiger partial charge in [0, 0.05) is 96.9 Å². The molecule has 0 bridgehead atoms. The molecule has 46 heavy (non-hydrogen) atoms. The summed E-state index contributed by atoms with van der Waals surface area (Å²) in [6, 6.07) is -0.999. The van der Waals surface area contributed by atoms with E-state index < -0.39 is 29.7 Å². The normalized spacial score (nSPS) is 13.1. The van der Waals surface area contributed by atoms with Crippen LogP contribution in [0.4, 0.5) is 0 Å². The summed E-state index contributed by atoms with van der Waals surface area (Å²) in [7, 11) is 1.54. The highest BCUT2D eigenvalue weighted by Crippen LogP contribution is 2.09. The minimum absolute atomic E-state index is 0.00606. The predicted molar refractivity (Wildman–Crippen MR) is 162 cm³/mol. The number of carbonyl (C=O) groups excluding carboxylic acids is 7. The molecule has 0 spiro atoms. The van der Waals surface area contributed by atoms with Crippen LogP contribution in [0.15, 0.2) is 12.2 Å². The molecule has 0 aromatic heterocycles. The molecule has 0 aliphatic carbocycles. The van der Waals surface area contributed by atoms with E-state index in [1.165, 1.54) is 0 Å². The third kappa shape index (κ3) is 19.5. The third-order valence-electron chi connectivity index (χ3n) is 6.83. The van der Waals surface area contributed by atoms with E-state index in [9.17, 15) is 38.4 Å². The van der Waals surface area contributed by atoms with Crippen LogP contribution in [0.3, 0.4) is 0 Å². The lowest BCUT2D eigenvalue weighted by molar-refractivity contribution is -0.138. The highest BCUT2D eigenvalue weighted by molar-refractivity contribution is 6.13. The van der Waals surface area contributed by atoms with Crippen molar-refractivity contribution in [2.45, 2.75) is 83.1 Å². The molecular weight excluding hydrogens is 606 g/mol. The second-order valence-electron chi connectivity index (χ2n) is 10.6. The molecule has 0 fully saturated rings. The van der Waals surface area contributed by atoms with Crippen LogP contribution in [0, 0.1) is 0 Å². The number of aliphatic carboxylic acids is 1. The highest BCUT2D eigenvalue weighted by Gasteiger charge is 2.24. The molecule has 1 aliphatic heterocycles. The third-order valence-corrected chi connectivity index (χ3v) is 6.83. The van der Waals surface area contributed by atoms with Gasteiger partial charge in [-0.1, -0.05) is 0 Å². The Labute approximate surface area is 268 Å². The highest BCUT2D eigenvalue weighted by atomic mass is 16.5. The zero-order chi connectivity index (χ0) is 34.2. The van der Waals surface area contributed by atoms with E-state index in [1.807, 2.05) is 0 Å². The van der Waals surface area contributed by atoms with Crippen molar-refractivity contribution in [2.24, 2.45) is 0 Å². The van der Waals surface area contributed by atoms with E-state index in [-0.39, 0.29) is 114 Å². The van der Waals surface area contributed by atoms with Crippen LogP contribution in [0.5, 0.6) is 0 Å². The first-order chi connectivity index (χ1) is 22.0. The maximum Gasteiger partial charge on any atom is 0.303 e. The Bertz CT molecular complexity index is 1060. The molecule has 15 nitrogen and oxygen atoms in total. The number of ether oxygens (including phenoxy) is 3. The second-order valence-corrected chi connectivity index (χ2v) is 10.6. The Morgan fingerprint density at radius 3 is 1.87 bits per heavy atom. The number of hydrogen-bond donors (Lipinski definition) is 3. The number of amides is 4. The van der Waals surface area contributed by atoms with Gasteiger partial charge in [-0.05, 0) is 25.7 Å². The van der Waals surface area contributed by atoms with Crippen LogP contribution < -0.4 is 10.6 Å². The first-order valence-corrected chi connectivity index (χ1v) is 15.5. The molecule has 0 aromatic rings. The zero-order valence-corrected chi connectivity index (χ0v) is 26.6. The van der Waals surface area contributed by atoms with Crippen molar-refractivity contribution < 1.29 is 57.7 Å². The molecular formula is C31H47N3O12. The number of nitrogens with one attached hydrogen (secondary N) is 2. The lowest BCUT2D eigenvalue weighted by atomic mass is 10.00. The summed E-state index contributed by atoms with van der Waals surface area (Å²) in [6.07, 6.45) is 3.87. The van der Waals surface area contributed by atoms with E-state index in [2.05, 4.69) is 10.6 Å². The van der Waals surface area contributed by atoms with Crippen LogP contribution in [0.1, 0.15) is 77.0 Å². The Kier molecular flexibility index (Phi) is 21.3. The van der Waals surface area contributed by atoms with Crippen molar-refractivity contribution in [3.63, 3.8) is 0 Å². The molecule has 15 heteroatoms. The summed E-state index contributed by atoms with van der Waals surface area (Å²) in [5.41, 5.74) is 0. The summed E-state index contributed by atoms with van der Waals surface area (Å²) >= 11 is 0. The number of carbonyl (C=O) groups is 8. The Morgan fingerprint density at radius 2 is 1.28 bits per heavy atom. The average Bonchev–Trinajstić information content (AvgIpc) is 3.33. The Morgan fingerprint density at radius 1 is 0.717 bits per heavy atom. The van der Waals surface area contributed by atoms with Gasteiger partial charge in [-0.2, -0.15) is 0 Å². The van der Waals surface area contributed by atoms with E-state index in [1.54, 1.807) is 7.11 Å². The van der Waals surface area contributed by atoms with Crippen molar-refractivity contribution in [1.29, 1.82) is 0 Å². The van der Waals surface area contributed by atoms with Gasteiger partial charge in [0.2, 0.25) is 11.8 Å². The number of ketones is 3. The standard InChI is InChI=1S/C31H47N3O12/c1-44-22-16-32-27(38)14-20-45-18-3-6-23(35)5-2-8-26(37)25(9-12-31(42)43)33-28(39)15-21-46-19-4-7-24(36)13-17-34-29(40)10-11-30(34)41/h10-11,25H,2-9,12-22H2,1H3,(H,32,38)(H,33,39)(H,42,43)/t25-/m0/s1. The number of rotatable bonds is 29. The molecule has 0 aromatic carbocycles. The number of nitrogens with zero attached hydrogens (tertiary/aromatic N) is 1. The number of imide groups is 1. The fourth-order valence-corrected chi connectivity index (χ4v) is 4.28. The van der Waals surface area contributed by atoms with E-state index in [4.69, 9.17) is 19.3 Å². The molecule has 1 atom stereocenters. The monoisotopic (exact) mass is 653 g/mol. The number of carboxylic acid groups (broad SMARTS) is 1. The lowest BCUT2D eigenvalue weighted by Crippen LogP contribution is -2.41. The van der Waals surface area contributed by atoms with Crippen molar-refractivity contribution in [3.05, 3.63) is 12.2 Å². The maximum absolute atomic E-state index is 12.7. The lowest BCUT2D eigenvalue weighted by Gasteiger charge is -2.17. The molecule has 258 valence electrons. The first kappa shape index (κ1) is 40.2. The van der Waals surface area contributed by atoms with E-state index in [0.717, 1.165) is 17.1 Å². The quantitative estimate of drug-likeness (QED) is 0.0751. The van der Waals surface area contributed by atoms with Crippen molar-refractivity contribution in [3.8, 4) is 0 Å². The zero-order valence-electron chi connectivity index (χ0n) is 26.6. The van der Waals surface area contributed by atoms with Gasteiger partial charge in [-0.3, -0.25) is 43.3 Å². The summed E-state index contributed by atoms with van der Waals surface area (Å²) < 4.78 is 15.6. The van der Waals surface area contributed by atoms with Crippen molar-refractivity contribution in [2.75, 3.05) is 53.2 Å². The second kappa shape index (κ2) is 24.4. The van der Waals surface area contributed by atoms with Crippen molar-refractivity contribution in [1.82, 2.24) is 15.5 Å². The minimum Gasteiger partial charge on any atom is -0.481 e. The van der Waals surface area contributed by atoms with E-state index >= 15 is 0 Å². The Hall–Kier alpha value is -3.82. The summed E-state index contributed by atoms with van der Waals surface area (Å²) in [5, 5.41) is 14.3. The van der Waals surface area contributed by atoms with Crippen LogP contribution >= 0.6 is 0 Å². The molecule has 0 saturated heterocycles. The molecule has 0 unspecified atom stereocenters. The van der Waals surface area contributed by atoms with Gasteiger partial charge in [-0.25, -0.2) is 0 Å². The molecule has 0 radical (unpaired) electrons. The van der Waals surface area contributed by atoms with Gasteiger partial charge in [0.1, 0.15) is 11.6 Å². The first-order valence-electron chi connectivity index (χ1n) is 15.5. The Balaban J connectivity index is 2.21. The average molecular weight is 654 g/mol. The van der Waals surface area contributed by atoms with Crippen LogP contribution in [0.25, 0.3) is 0 Å². The maximum atomic E-state index is 12.7. The smallest absolute Gasteiger partial charge is 0.303 e. The van der Waals surface area contributed by atoms with E-state index in [0.29, 0.717) is 32.6 Å². The fraction of sp³-hybridized carbons (Fsp3) is 0.677. The van der Waals surface area contributed by atoms with Gasteiger partial charge in [-0.15, -0.1) is 0 Å². The van der Waals surface area contributed by atoms with Crippen molar-refractivity contribution >= 4 is 46.9 Å². The van der Waals surface area contributed by atoms with Gasteiger partial charge < -0.3 is 30.0 Å². The number of carboxylic acids is 1. The molecule has 1 aliphatic rings. The summed E-state index contributed by atoms with van der Waals surface area (Å²) in [6.45, 7) is 1.68. The topological polar surface area (TPSA) is 212 Å². The van der Waals surface area contributed by atoms with Gasteiger partial charge in [0.25, 0.3) is 11.8 Å². The SMILES string of the molecule is COCCNC(=O)CCOCCCC(=O)CCCC(=O)[C@H](CCC(=O)O)NC(=O)CCOCCCC(=O)CCN1C(=O)C=CC1=O. The van der Waals surface area contributed by atoms with Gasteiger partial charge >= 0.3 is 5.97 Å². The number of hydrogen-bond acceptors (Lipinski definition) is 11. The van der Waals surface area contributed by atoms with Crippen LogP contribution in [-0.2, 0) is 52.6 Å². The molecule has 0 saturated carbocycles. The predicted octanol–water partition coefficient (Wildman–Crippen LogP) is 0.665. The van der Waals surface area contributed by atoms with Crippen LogP contribution in [0.2, 0.25) is 0 Å². The largest absolute Gasteiger partial charge is 0.481 e. The number of methoxy groups -OCH3 is 1. The number of Topliss-reactive ketones (excluding diaryl/α,β-unsaturated/α-hetero) is 3. The molecule has 1 rings (SSSR count). The molecule has 4 amide bonds. The van der Waals surface area contributed by atoms with Gasteiger partial charge in [0.05, 0.1) is 25.9 Å². The molecule has 1 heterocycles. The molecule has 3 N–H and O–H groups in total. The minimum atomic E-state index is -1.11. The summed E-state index contributed by atoms with van der Waals surface area (Å²) in [4.78, 5) is 95.9. The van der Waals surface area contributed by atoms with Gasteiger partial charge in [0.15, 0.2) is 5.78 Å². The fourth-order valence-electron chi connectivity index (χ4n) is 4.28. The van der Waals surface area contributed by atoms with Crippen LogP contribution in [-0.4, -0.2) is 116 Å². The summed E-state index contributed by atoms with van der Waals surface area (Å²) in [5.74, 6) is -3.16.